The normalized spacial score (nSPS) is 15.4. The zero-order valence-electron chi connectivity index (χ0n) is 13.1. The van der Waals surface area contributed by atoms with Gasteiger partial charge in [-0.25, -0.2) is 0 Å². The molecule has 1 atom stereocenters. The second-order valence-corrected chi connectivity index (χ2v) is 5.84. The van der Waals surface area contributed by atoms with Crippen molar-refractivity contribution in [2.24, 2.45) is 0 Å². The minimum atomic E-state index is -0.138. The van der Waals surface area contributed by atoms with Crippen molar-refractivity contribution in [3.05, 3.63) is 34.0 Å². The minimum absolute atomic E-state index is 0.0202. The summed E-state index contributed by atoms with van der Waals surface area (Å²) in [6.07, 6.45) is 1.57. The predicted octanol–water partition coefficient (Wildman–Crippen LogP) is 1.02. The highest BCUT2D eigenvalue weighted by Crippen LogP contribution is 2.17. The van der Waals surface area contributed by atoms with Crippen LogP contribution in [-0.4, -0.2) is 33.8 Å². The van der Waals surface area contributed by atoms with Gasteiger partial charge in [0.15, 0.2) is 5.69 Å². The van der Waals surface area contributed by atoms with Gasteiger partial charge in [-0.05, 0) is 27.2 Å². The van der Waals surface area contributed by atoms with E-state index in [0.29, 0.717) is 18.7 Å². The monoisotopic (exact) mass is 303 g/mol. The highest BCUT2D eigenvalue weighted by Gasteiger charge is 2.23. The smallest absolute Gasteiger partial charge is 0.272 e. The molecule has 0 radical (unpaired) electrons. The van der Waals surface area contributed by atoms with E-state index >= 15 is 0 Å². The van der Waals surface area contributed by atoms with Crippen LogP contribution in [0.25, 0.3) is 0 Å². The Labute approximate surface area is 128 Å². The zero-order chi connectivity index (χ0) is 15.7. The van der Waals surface area contributed by atoms with Crippen molar-refractivity contribution in [1.82, 2.24) is 26.0 Å². The quantitative estimate of drug-likeness (QED) is 0.784. The number of aryl methyl sites for hydroxylation is 2. The molecule has 1 amide bonds. The summed E-state index contributed by atoms with van der Waals surface area (Å²) >= 11 is 0. The number of H-pyrrole nitrogens is 1. The maximum absolute atomic E-state index is 12.4. The standard InChI is InChI=1S/C15H21N5O2/c1-8(6-11-9(2)20-22-10(11)3)17-15(21)14-12-7-16-5-4-13(12)18-19-14/h8,16H,4-7H2,1-3H3,(H,17,21)(H,18,19). The molecule has 2 aromatic heterocycles. The van der Waals surface area contributed by atoms with Crippen molar-refractivity contribution < 1.29 is 9.32 Å². The summed E-state index contributed by atoms with van der Waals surface area (Å²) in [4.78, 5) is 12.4. The summed E-state index contributed by atoms with van der Waals surface area (Å²) in [6, 6.07) is -0.0202. The number of aromatic amines is 1. The van der Waals surface area contributed by atoms with Crippen molar-refractivity contribution >= 4 is 5.91 Å². The first kappa shape index (κ1) is 14.8. The Bertz CT molecular complexity index is 669. The van der Waals surface area contributed by atoms with Crippen LogP contribution in [0.2, 0.25) is 0 Å². The molecule has 3 heterocycles. The van der Waals surface area contributed by atoms with Crippen molar-refractivity contribution in [2.75, 3.05) is 6.54 Å². The van der Waals surface area contributed by atoms with Gasteiger partial charge in [0.25, 0.3) is 5.91 Å². The molecule has 7 heteroatoms. The highest BCUT2D eigenvalue weighted by atomic mass is 16.5. The fourth-order valence-electron chi connectivity index (χ4n) is 2.86. The highest BCUT2D eigenvalue weighted by molar-refractivity contribution is 5.94. The molecule has 0 saturated heterocycles. The zero-order valence-corrected chi connectivity index (χ0v) is 13.1. The SMILES string of the molecule is Cc1noc(C)c1CC(C)NC(=O)c1n[nH]c2c1CNCC2. The molecule has 0 aliphatic carbocycles. The third-order valence-electron chi connectivity index (χ3n) is 4.09. The molecule has 0 fully saturated rings. The summed E-state index contributed by atoms with van der Waals surface area (Å²) in [6.45, 7) is 7.38. The second-order valence-electron chi connectivity index (χ2n) is 5.84. The minimum Gasteiger partial charge on any atom is -0.361 e. The number of amides is 1. The number of carbonyl (C=O) groups excluding carboxylic acids is 1. The molecule has 0 bridgehead atoms. The number of nitrogens with zero attached hydrogens (tertiary/aromatic N) is 2. The van der Waals surface area contributed by atoms with E-state index in [9.17, 15) is 4.79 Å². The largest absolute Gasteiger partial charge is 0.361 e. The molecule has 0 saturated carbocycles. The van der Waals surface area contributed by atoms with E-state index < -0.39 is 0 Å². The first-order valence-electron chi connectivity index (χ1n) is 7.55. The van der Waals surface area contributed by atoms with Gasteiger partial charge >= 0.3 is 0 Å². The molecule has 0 spiro atoms. The van der Waals surface area contributed by atoms with Gasteiger partial charge < -0.3 is 15.2 Å². The number of hydrogen-bond acceptors (Lipinski definition) is 5. The first-order valence-corrected chi connectivity index (χ1v) is 7.55. The van der Waals surface area contributed by atoms with Gasteiger partial charge in [-0.1, -0.05) is 5.16 Å². The van der Waals surface area contributed by atoms with Crippen LogP contribution >= 0.6 is 0 Å². The van der Waals surface area contributed by atoms with Gasteiger partial charge in [-0.3, -0.25) is 9.89 Å². The fourth-order valence-corrected chi connectivity index (χ4v) is 2.86. The van der Waals surface area contributed by atoms with Crippen LogP contribution in [0.5, 0.6) is 0 Å². The van der Waals surface area contributed by atoms with Crippen molar-refractivity contribution in [3.63, 3.8) is 0 Å². The van der Waals surface area contributed by atoms with E-state index in [1.54, 1.807) is 0 Å². The lowest BCUT2D eigenvalue weighted by Gasteiger charge is -2.15. The molecule has 2 aromatic rings. The molecular formula is C15H21N5O2. The van der Waals surface area contributed by atoms with Crippen LogP contribution < -0.4 is 10.6 Å². The number of aromatic nitrogens is 3. The molecule has 1 aliphatic heterocycles. The molecule has 1 aliphatic rings. The van der Waals surface area contributed by atoms with Gasteiger partial charge in [0.05, 0.1) is 5.69 Å². The number of carbonyl (C=O) groups is 1. The van der Waals surface area contributed by atoms with Gasteiger partial charge in [0.2, 0.25) is 0 Å². The maximum Gasteiger partial charge on any atom is 0.272 e. The Hall–Kier alpha value is -2.15. The van der Waals surface area contributed by atoms with E-state index in [4.69, 9.17) is 4.52 Å². The Morgan fingerprint density at radius 2 is 2.27 bits per heavy atom. The van der Waals surface area contributed by atoms with E-state index in [-0.39, 0.29) is 11.9 Å². The van der Waals surface area contributed by atoms with E-state index in [0.717, 1.165) is 41.2 Å². The lowest BCUT2D eigenvalue weighted by molar-refractivity contribution is 0.0933. The van der Waals surface area contributed by atoms with E-state index in [1.165, 1.54) is 0 Å². The number of nitrogens with one attached hydrogen (secondary N) is 3. The first-order chi connectivity index (χ1) is 10.6. The van der Waals surface area contributed by atoms with Gasteiger partial charge in [0.1, 0.15) is 5.76 Å². The predicted molar refractivity (Wildman–Crippen MR) is 80.6 cm³/mol. The lowest BCUT2D eigenvalue weighted by Crippen LogP contribution is -2.35. The van der Waals surface area contributed by atoms with Crippen LogP contribution in [0, 0.1) is 13.8 Å². The number of hydrogen-bond donors (Lipinski definition) is 3. The molecule has 22 heavy (non-hydrogen) atoms. The number of fused-ring (bicyclic) bond motifs is 1. The maximum atomic E-state index is 12.4. The van der Waals surface area contributed by atoms with Crippen molar-refractivity contribution in [1.29, 1.82) is 0 Å². The second kappa shape index (κ2) is 5.92. The number of rotatable bonds is 4. The van der Waals surface area contributed by atoms with Crippen LogP contribution in [0.4, 0.5) is 0 Å². The van der Waals surface area contributed by atoms with E-state index in [2.05, 4.69) is 26.0 Å². The topological polar surface area (TPSA) is 95.8 Å². The lowest BCUT2D eigenvalue weighted by atomic mass is 10.0. The van der Waals surface area contributed by atoms with Crippen molar-refractivity contribution in [3.8, 4) is 0 Å². The van der Waals surface area contributed by atoms with Gasteiger partial charge in [-0.15, -0.1) is 0 Å². The average Bonchev–Trinajstić information content (AvgIpc) is 3.05. The summed E-state index contributed by atoms with van der Waals surface area (Å²) in [5.74, 6) is 0.667. The third kappa shape index (κ3) is 2.76. The summed E-state index contributed by atoms with van der Waals surface area (Å²) in [7, 11) is 0. The summed E-state index contributed by atoms with van der Waals surface area (Å²) in [5, 5.41) is 17.4. The van der Waals surface area contributed by atoms with E-state index in [1.807, 2.05) is 20.8 Å². The molecular weight excluding hydrogens is 282 g/mol. The Balaban J connectivity index is 1.68. The molecule has 0 aromatic carbocycles. The summed E-state index contributed by atoms with van der Waals surface area (Å²) in [5.41, 5.74) is 4.46. The van der Waals surface area contributed by atoms with Gasteiger partial charge in [-0.2, -0.15) is 5.10 Å². The Kier molecular flexibility index (Phi) is 3.98. The van der Waals surface area contributed by atoms with Gasteiger partial charge in [0, 0.05) is 42.4 Å². The Morgan fingerprint density at radius 1 is 1.45 bits per heavy atom. The third-order valence-corrected chi connectivity index (χ3v) is 4.09. The molecule has 7 nitrogen and oxygen atoms in total. The molecule has 3 N–H and O–H groups in total. The average molecular weight is 303 g/mol. The van der Waals surface area contributed by atoms with Crippen LogP contribution in [0.3, 0.4) is 0 Å². The fraction of sp³-hybridized carbons (Fsp3) is 0.533. The molecule has 3 rings (SSSR count). The van der Waals surface area contributed by atoms with Crippen LogP contribution in [0.1, 0.15) is 45.7 Å². The molecule has 1 unspecified atom stereocenters. The Morgan fingerprint density at radius 3 is 3.00 bits per heavy atom. The van der Waals surface area contributed by atoms with Crippen molar-refractivity contribution in [2.45, 2.75) is 46.2 Å². The summed E-state index contributed by atoms with van der Waals surface area (Å²) < 4.78 is 5.16. The van der Waals surface area contributed by atoms with Crippen LogP contribution in [0.15, 0.2) is 4.52 Å². The molecule has 118 valence electrons. The van der Waals surface area contributed by atoms with Crippen LogP contribution in [-0.2, 0) is 19.4 Å².